The van der Waals surface area contributed by atoms with Crippen LogP contribution in [0.25, 0.3) is 11.0 Å². The molecule has 2 amide bonds. The summed E-state index contributed by atoms with van der Waals surface area (Å²) in [6.45, 7) is 1.12. The van der Waals surface area contributed by atoms with Crippen LogP contribution in [0.2, 0.25) is 0 Å². The van der Waals surface area contributed by atoms with Crippen LogP contribution in [0.3, 0.4) is 0 Å². The van der Waals surface area contributed by atoms with Crippen LogP contribution in [-0.2, 0) is 11.3 Å². The van der Waals surface area contributed by atoms with Crippen molar-refractivity contribution < 1.29 is 14.0 Å². The second kappa shape index (κ2) is 6.96. The fraction of sp³-hybridized carbons (Fsp3) is 0.200. The Morgan fingerprint density at radius 1 is 1.19 bits per heavy atom. The van der Waals surface area contributed by atoms with Crippen molar-refractivity contribution >= 4 is 44.4 Å². The van der Waals surface area contributed by atoms with Crippen molar-refractivity contribution in [3.63, 3.8) is 0 Å². The number of nitrogens with one attached hydrogen (secondary N) is 1. The molecule has 4 rings (SSSR count). The normalized spacial score (nSPS) is 14.2. The third-order valence-corrected chi connectivity index (χ3v) is 5.09. The molecule has 3 aromatic rings. The molecule has 1 aromatic heterocycles. The maximum absolute atomic E-state index is 12.4. The van der Waals surface area contributed by atoms with E-state index in [0.717, 1.165) is 34.1 Å². The van der Waals surface area contributed by atoms with Crippen LogP contribution >= 0.6 is 15.9 Å². The number of halogens is 1. The predicted octanol–water partition coefficient (Wildman–Crippen LogP) is 4.25. The highest BCUT2D eigenvalue weighted by molar-refractivity contribution is 9.10. The number of benzene rings is 2. The van der Waals surface area contributed by atoms with Gasteiger partial charge >= 0.3 is 0 Å². The van der Waals surface area contributed by atoms with E-state index in [0.29, 0.717) is 18.5 Å². The quantitative estimate of drug-likeness (QED) is 0.696. The summed E-state index contributed by atoms with van der Waals surface area (Å²) in [7, 11) is 0. The molecule has 0 aliphatic carbocycles. The molecule has 1 aliphatic heterocycles. The molecule has 0 unspecified atom stereocenters. The molecule has 0 radical (unpaired) electrons. The number of carbonyl (C=O) groups excluding carboxylic acids is 2. The van der Waals surface area contributed by atoms with Gasteiger partial charge in [0.05, 0.1) is 4.47 Å². The van der Waals surface area contributed by atoms with E-state index in [4.69, 9.17) is 4.42 Å². The Bertz CT molecular complexity index is 996. The van der Waals surface area contributed by atoms with Crippen molar-refractivity contribution in [3.8, 4) is 0 Å². The Morgan fingerprint density at radius 2 is 2.04 bits per heavy atom. The van der Waals surface area contributed by atoms with Gasteiger partial charge in [-0.15, -0.1) is 0 Å². The molecule has 2 aromatic carbocycles. The van der Waals surface area contributed by atoms with Gasteiger partial charge in [-0.25, -0.2) is 0 Å². The van der Waals surface area contributed by atoms with E-state index in [-0.39, 0.29) is 17.6 Å². The van der Waals surface area contributed by atoms with E-state index in [1.807, 2.05) is 42.5 Å². The zero-order valence-corrected chi connectivity index (χ0v) is 15.6. The van der Waals surface area contributed by atoms with Crippen LogP contribution in [0.4, 0.5) is 5.69 Å². The van der Waals surface area contributed by atoms with Gasteiger partial charge in [0.25, 0.3) is 5.91 Å². The number of rotatable bonds is 4. The smallest absolute Gasteiger partial charge is 0.287 e. The van der Waals surface area contributed by atoms with Gasteiger partial charge in [0.2, 0.25) is 5.91 Å². The number of amides is 2. The van der Waals surface area contributed by atoms with Crippen molar-refractivity contribution in [2.24, 2.45) is 0 Å². The summed E-state index contributed by atoms with van der Waals surface area (Å²) in [5.74, 6) is 0.160. The average Bonchev–Trinajstić information content (AvgIpc) is 3.27. The van der Waals surface area contributed by atoms with Crippen molar-refractivity contribution in [2.45, 2.75) is 19.4 Å². The second-order valence-corrected chi connectivity index (χ2v) is 7.12. The summed E-state index contributed by atoms with van der Waals surface area (Å²) in [4.78, 5) is 26.1. The lowest BCUT2D eigenvalue weighted by Gasteiger charge is -2.16. The Morgan fingerprint density at radius 3 is 2.81 bits per heavy atom. The highest BCUT2D eigenvalue weighted by atomic mass is 79.9. The van der Waals surface area contributed by atoms with E-state index in [1.54, 1.807) is 11.0 Å². The second-order valence-electron chi connectivity index (χ2n) is 6.27. The van der Waals surface area contributed by atoms with E-state index in [9.17, 15) is 9.59 Å². The molecule has 1 aliphatic rings. The standard InChI is InChI=1S/C20H17BrN2O3/c21-16-7-2-5-14-11-17(26-19(14)16)20(25)22-12-13-4-1-6-15(10-13)23-9-3-8-18(23)24/h1-2,4-7,10-11H,3,8-9,12H2,(H,22,25). The highest BCUT2D eigenvalue weighted by Crippen LogP contribution is 2.27. The largest absolute Gasteiger partial charge is 0.450 e. The minimum absolute atomic E-state index is 0.152. The molecule has 0 spiro atoms. The molecule has 0 bridgehead atoms. The summed E-state index contributed by atoms with van der Waals surface area (Å²) < 4.78 is 6.47. The topological polar surface area (TPSA) is 62.6 Å². The first kappa shape index (κ1) is 16.8. The van der Waals surface area contributed by atoms with Crippen LogP contribution in [0, 0.1) is 0 Å². The van der Waals surface area contributed by atoms with E-state index >= 15 is 0 Å². The van der Waals surface area contributed by atoms with Crippen LogP contribution in [0.15, 0.2) is 57.4 Å². The lowest BCUT2D eigenvalue weighted by Crippen LogP contribution is -2.25. The number of nitrogens with zero attached hydrogens (tertiary/aromatic N) is 1. The first-order valence-corrected chi connectivity index (χ1v) is 9.27. The Labute approximate surface area is 159 Å². The van der Waals surface area contributed by atoms with Crippen LogP contribution in [0.1, 0.15) is 29.0 Å². The zero-order chi connectivity index (χ0) is 18.1. The van der Waals surface area contributed by atoms with Gasteiger partial charge in [0.15, 0.2) is 5.76 Å². The molecule has 2 heterocycles. The first-order chi connectivity index (χ1) is 12.6. The number of anilines is 1. The van der Waals surface area contributed by atoms with Crippen molar-refractivity contribution in [3.05, 3.63) is 64.3 Å². The first-order valence-electron chi connectivity index (χ1n) is 8.47. The molecular formula is C20H17BrN2O3. The summed E-state index contributed by atoms with van der Waals surface area (Å²) in [6, 6.07) is 15.1. The number of para-hydroxylation sites is 1. The summed E-state index contributed by atoms with van der Waals surface area (Å²) in [5.41, 5.74) is 2.48. The number of fused-ring (bicyclic) bond motifs is 1. The molecule has 1 saturated heterocycles. The fourth-order valence-electron chi connectivity index (χ4n) is 3.16. The van der Waals surface area contributed by atoms with Gasteiger partial charge in [-0.3, -0.25) is 9.59 Å². The van der Waals surface area contributed by atoms with Gasteiger partial charge in [-0.2, -0.15) is 0 Å². The Hall–Kier alpha value is -2.60. The molecule has 26 heavy (non-hydrogen) atoms. The molecule has 0 atom stereocenters. The summed E-state index contributed by atoms with van der Waals surface area (Å²) in [5, 5.41) is 3.75. The van der Waals surface area contributed by atoms with Crippen molar-refractivity contribution in [1.29, 1.82) is 0 Å². The molecule has 1 N–H and O–H groups in total. The summed E-state index contributed by atoms with van der Waals surface area (Å²) >= 11 is 3.42. The number of furan rings is 1. The van der Waals surface area contributed by atoms with Gasteiger partial charge in [0.1, 0.15) is 5.58 Å². The molecular weight excluding hydrogens is 396 g/mol. The van der Waals surface area contributed by atoms with Gasteiger partial charge < -0.3 is 14.6 Å². The van der Waals surface area contributed by atoms with Crippen molar-refractivity contribution in [1.82, 2.24) is 5.32 Å². The van der Waals surface area contributed by atoms with E-state index in [2.05, 4.69) is 21.2 Å². The van der Waals surface area contributed by atoms with Gasteiger partial charge in [-0.05, 0) is 52.2 Å². The summed E-state index contributed by atoms with van der Waals surface area (Å²) in [6.07, 6.45) is 1.49. The fourth-order valence-corrected chi connectivity index (χ4v) is 3.63. The Kier molecular flexibility index (Phi) is 4.51. The molecule has 5 nitrogen and oxygen atoms in total. The van der Waals surface area contributed by atoms with E-state index in [1.165, 1.54) is 0 Å². The van der Waals surface area contributed by atoms with Crippen LogP contribution < -0.4 is 10.2 Å². The molecule has 0 saturated carbocycles. The lowest BCUT2D eigenvalue weighted by atomic mass is 10.2. The molecule has 1 fully saturated rings. The third kappa shape index (κ3) is 3.24. The van der Waals surface area contributed by atoms with Gasteiger partial charge in [0, 0.05) is 30.6 Å². The lowest BCUT2D eigenvalue weighted by molar-refractivity contribution is -0.117. The zero-order valence-electron chi connectivity index (χ0n) is 14.0. The minimum atomic E-state index is -0.268. The van der Waals surface area contributed by atoms with Crippen LogP contribution in [-0.4, -0.2) is 18.4 Å². The third-order valence-electron chi connectivity index (χ3n) is 4.47. The maximum Gasteiger partial charge on any atom is 0.287 e. The van der Waals surface area contributed by atoms with Crippen molar-refractivity contribution in [2.75, 3.05) is 11.4 Å². The number of hydrogen-bond donors (Lipinski definition) is 1. The Balaban J connectivity index is 1.47. The number of hydrogen-bond acceptors (Lipinski definition) is 3. The monoisotopic (exact) mass is 412 g/mol. The van der Waals surface area contributed by atoms with E-state index < -0.39 is 0 Å². The predicted molar refractivity (Wildman–Crippen MR) is 103 cm³/mol. The number of carbonyl (C=O) groups is 2. The molecule has 132 valence electrons. The van der Waals surface area contributed by atoms with Gasteiger partial charge in [-0.1, -0.05) is 24.3 Å². The molecule has 6 heteroatoms. The SMILES string of the molecule is O=C(NCc1cccc(N2CCCC2=O)c1)c1cc2cccc(Br)c2o1. The van der Waals surface area contributed by atoms with Crippen LogP contribution in [0.5, 0.6) is 0 Å². The average molecular weight is 413 g/mol. The highest BCUT2D eigenvalue weighted by Gasteiger charge is 2.21. The maximum atomic E-state index is 12.4. The minimum Gasteiger partial charge on any atom is -0.450 e.